The Balaban J connectivity index is 2.11. The number of aryl methyl sites for hydroxylation is 1. The molecule has 1 heterocycles. The van der Waals surface area contributed by atoms with Crippen LogP contribution in [-0.4, -0.2) is 62.7 Å². The van der Waals surface area contributed by atoms with E-state index >= 15 is 0 Å². The third kappa shape index (κ3) is 4.27. The van der Waals surface area contributed by atoms with Gasteiger partial charge in [0.05, 0.1) is 7.11 Å². The van der Waals surface area contributed by atoms with Crippen molar-refractivity contribution >= 4 is 21.8 Å². The fourth-order valence-corrected chi connectivity index (χ4v) is 4.27. The van der Waals surface area contributed by atoms with Gasteiger partial charge in [0.15, 0.2) is 0 Å². The number of nitrogens with zero attached hydrogens (tertiary/aromatic N) is 2. The van der Waals surface area contributed by atoms with Gasteiger partial charge < -0.3 is 9.64 Å². The molecule has 1 aromatic carbocycles. The first-order chi connectivity index (χ1) is 11.8. The van der Waals surface area contributed by atoms with E-state index in [9.17, 15) is 18.0 Å². The van der Waals surface area contributed by atoms with Gasteiger partial charge in [-0.3, -0.25) is 15.0 Å². The second-order valence-electron chi connectivity index (χ2n) is 5.68. The van der Waals surface area contributed by atoms with Gasteiger partial charge in [0.1, 0.15) is 17.1 Å². The Morgan fingerprint density at radius 2 is 1.88 bits per heavy atom. The van der Waals surface area contributed by atoms with Gasteiger partial charge in [-0.15, -0.1) is 0 Å². The largest absolute Gasteiger partial charge is 0.495 e. The number of carbonyl (C=O) groups excluding carboxylic acids is 2. The van der Waals surface area contributed by atoms with Crippen LogP contribution in [0.3, 0.4) is 0 Å². The van der Waals surface area contributed by atoms with Crippen LogP contribution < -0.4 is 16.0 Å². The molecule has 9 nitrogen and oxygen atoms in total. The van der Waals surface area contributed by atoms with Crippen LogP contribution in [0.1, 0.15) is 12.0 Å². The fraction of sp³-hybridized carbons (Fsp3) is 0.467. The molecule has 1 aromatic rings. The maximum atomic E-state index is 12.9. The molecule has 0 bridgehead atoms. The zero-order valence-corrected chi connectivity index (χ0v) is 15.0. The summed E-state index contributed by atoms with van der Waals surface area (Å²) in [5.41, 5.74) is 2.71. The maximum Gasteiger partial charge on any atom is 0.246 e. The number of piperazine rings is 1. The van der Waals surface area contributed by atoms with E-state index in [0.29, 0.717) is 0 Å². The smallest absolute Gasteiger partial charge is 0.246 e. The lowest BCUT2D eigenvalue weighted by Crippen LogP contribution is -2.51. The molecule has 3 N–H and O–H groups in total. The van der Waals surface area contributed by atoms with Crippen molar-refractivity contribution < 1.29 is 22.7 Å². The molecule has 0 unspecified atom stereocenters. The Labute approximate surface area is 146 Å². The summed E-state index contributed by atoms with van der Waals surface area (Å²) in [4.78, 5) is 24.7. The average molecular weight is 370 g/mol. The van der Waals surface area contributed by atoms with E-state index in [4.69, 9.17) is 10.6 Å². The minimum absolute atomic E-state index is 0.109. The first-order valence-electron chi connectivity index (χ1n) is 7.71. The third-order valence-electron chi connectivity index (χ3n) is 4.00. The summed E-state index contributed by atoms with van der Waals surface area (Å²) >= 11 is 0. The average Bonchev–Trinajstić information content (AvgIpc) is 2.61. The summed E-state index contributed by atoms with van der Waals surface area (Å²) in [5.74, 6) is 4.28. The quantitative estimate of drug-likeness (QED) is 0.303. The molecule has 25 heavy (non-hydrogen) atoms. The van der Waals surface area contributed by atoms with Crippen LogP contribution >= 0.6 is 0 Å². The van der Waals surface area contributed by atoms with Crippen LogP contribution in [0.2, 0.25) is 0 Å². The standard InChI is InChI=1S/C15H22N4O5S/c1-11-3-4-12(24-2)13(9-11)25(22,23)19-7-5-18(6-8-19)15(21)10-14(20)17-16/h3-4,9H,5-8,10,16H2,1-2H3,(H,17,20). The lowest BCUT2D eigenvalue weighted by atomic mass is 10.2. The van der Waals surface area contributed by atoms with E-state index in [1.54, 1.807) is 25.1 Å². The first-order valence-corrected chi connectivity index (χ1v) is 9.15. The number of carbonyl (C=O) groups is 2. The summed E-state index contributed by atoms with van der Waals surface area (Å²) in [7, 11) is -2.31. The van der Waals surface area contributed by atoms with Crippen molar-refractivity contribution in [3.63, 3.8) is 0 Å². The van der Waals surface area contributed by atoms with E-state index in [1.807, 2.05) is 5.43 Å². The molecular formula is C15H22N4O5S. The molecule has 0 atom stereocenters. The molecular weight excluding hydrogens is 348 g/mol. The Kier molecular flexibility index (Phi) is 5.98. The molecule has 1 saturated heterocycles. The zero-order chi connectivity index (χ0) is 18.6. The van der Waals surface area contributed by atoms with Gasteiger partial charge in [-0.05, 0) is 24.6 Å². The van der Waals surface area contributed by atoms with Crippen LogP contribution in [0.4, 0.5) is 0 Å². The Hall–Kier alpha value is -2.17. The van der Waals surface area contributed by atoms with E-state index in [-0.39, 0.29) is 49.2 Å². The SMILES string of the molecule is COc1ccc(C)cc1S(=O)(=O)N1CCN(C(=O)CC(=O)NN)CC1. The molecule has 2 rings (SSSR count). The highest BCUT2D eigenvalue weighted by atomic mass is 32.2. The summed E-state index contributed by atoms with van der Waals surface area (Å²) in [6, 6.07) is 4.96. The Morgan fingerprint density at radius 1 is 1.24 bits per heavy atom. The maximum absolute atomic E-state index is 12.9. The van der Waals surface area contributed by atoms with Crippen molar-refractivity contribution in [2.45, 2.75) is 18.2 Å². The predicted molar refractivity (Wildman–Crippen MR) is 90.0 cm³/mol. The van der Waals surface area contributed by atoms with Crippen molar-refractivity contribution in [2.24, 2.45) is 5.84 Å². The normalized spacial score (nSPS) is 15.7. The fourth-order valence-electron chi connectivity index (χ4n) is 2.60. The van der Waals surface area contributed by atoms with Crippen molar-refractivity contribution in [1.29, 1.82) is 0 Å². The summed E-state index contributed by atoms with van der Waals surface area (Å²) in [6.07, 6.45) is -0.352. The van der Waals surface area contributed by atoms with Crippen LogP contribution in [0.25, 0.3) is 0 Å². The molecule has 138 valence electrons. The number of rotatable bonds is 5. The predicted octanol–water partition coefficient (Wildman–Crippen LogP) is -0.783. The van der Waals surface area contributed by atoms with E-state index in [1.165, 1.54) is 16.3 Å². The van der Waals surface area contributed by atoms with Gasteiger partial charge in [-0.25, -0.2) is 14.3 Å². The molecule has 1 aliphatic heterocycles. The molecule has 2 amide bonds. The van der Waals surface area contributed by atoms with Crippen molar-refractivity contribution in [1.82, 2.24) is 14.6 Å². The van der Waals surface area contributed by atoms with Crippen LogP contribution in [0.5, 0.6) is 5.75 Å². The van der Waals surface area contributed by atoms with Gasteiger partial charge in [0, 0.05) is 26.2 Å². The van der Waals surface area contributed by atoms with Gasteiger partial charge in [0.2, 0.25) is 21.8 Å². The zero-order valence-electron chi connectivity index (χ0n) is 14.2. The number of hydrogen-bond donors (Lipinski definition) is 2. The number of hydrazine groups is 1. The number of nitrogens with two attached hydrogens (primary N) is 1. The number of benzene rings is 1. The first kappa shape index (κ1) is 19.2. The van der Waals surface area contributed by atoms with Crippen LogP contribution in [-0.2, 0) is 19.6 Å². The second-order valence-corrected chi connectivity index (χ2v) is 7.59. The van der Waals surface area contributed by atoms with E-state index in [0.717, 1.165) is 5.56 Å². The highest BCUT2D eigenvalue weighted by Crippen LogP contribution is 2.28. The molecule has 10 heteroatoms. The monoisotopic (exact) mass is 370 g/mol. The number of ether oxygens (including phenoxy) is 1. The second kappa shape index (κ2) is 7.81. The van der Waals surface area contributed by atoms with Gasteiger partial charge in [-0.1, -0.05) is 6.07 Å². The molecule has 0 radical (unpaired) electrons. The molecule has 0 spiro atoms. The van der Waals surface area contributed by atoms with Crippen molar-refractivity contribution in [3.05, 3.63) is 23.8 Å². The summed E-state index contributed by atoms with van der Waals surface area (Å²) in [6.45, 7) is 2.52. The Bertz CT molecular complexity index is 757. The molecule has 0 saturated carbocycles. The lowest BCUT2D eigenvalue weighted by Gasteiger charge is -2.34. The lowest BCUT2D eigenvalue weighted by molar-refractivity contribution is -0.137. The van der Waals surface area contributed by atoms with Gasteiger partial charge in [-0.2, -0.15) is 4.31 Å². The van der Waals surface area contributed by atoms with Crippen LogP contribution in [0, 0.1) is 6.92 Å². The minimum atomic E-state index is -3.73. The van der Waals surface area contributed by atoms with Crippen molar-refractivity contribution in [2.75, 3.05) is 33.3 Å². The molecule has 0 aliphatic carbocycles. The molecule has 0 aromatic heterocycles. The summed E-state index contributed by atoms with van der Waals surface area (Å²) < 4.78 is 32.2. The highest BCUT2D eigenvalue weighted by molar-refractivity contribution is 7.89. The van der Waals surface area contributed by atoms with E-state index < -0.39 is 15.9 Å². The molecule has 1 aliphatic rings. The highest BCUT2D eigenvalue weighted by Gasteiger charge is 2.32. The van der Waals surface area contributed by atoms with E-state index in [2.05, 4.69) is 0 Å². The van der Waals surface area contributed by atoms with Gasteiger partial charge in [0.25, 0.3) is 0 Å². The minimum Gasteiger partial charge on any atom is -0.495 e. The third-order valence-corrected chi connectivity index (χ3v) is 5.92. The van der Waals surface area contributed by atoms with Crippen LogP contribution in [0.15, 0.2) is 23.1 Å². The number of methoxy groups -OCH3 is 1. The molecule has 1 fully saturated rings. The number of hydrogen-bond acceptors (Lipinski definition) is 6. The number of nitrogens with one attached hydrogen (secondary N) is 1. The number of sulfonamides is 1. The number of amides is 2. The topological polar surface area (TPSA) is 122 Å². The Morgan fingerprint density at radius 3 is 2.44 bits per heavy atom. The summed E-state index contributed by atoms with van der Waals surface area (Å²) in [5, 5.41) is 0. The van der Waals surface area contributed by atoms with Crippen molar-refractivity contribution in [3.8, 4) is 5.75 Å². The van der Waals surface area contributed by atoms with Gasteiger partial charge >= 0.3 is 0 Å².